The van der Waals surface area contributed by atoms with E-state index in [1.165, 1.54) is 19.2 Å². The van der Waals surface area contributed by atoms with Crippen molar-refractivity contribution in [3.05, 3.63) is 48.0 Å². The van der Waals surface area contributed by atoms with E-state index in [2.05, 4.69) is 10.0 Å². The number of unbranched alkanes of at least 4 members (excludes halogenated alkanes) is 1. The molecule has 0 saturated carbocycles. The number of hydrogen-bond donors (Lipinski definition) is 4. The predicted molar refractivity (Wildman–Crippen MR) is 112 cm³/mol. The molecule has 29 heavy (non-hydrogen) atoms. The van der Waals surface area contributed by atoms with E-state index in [4.69, 9.17) is 14.3 Å². The highest BCUT2D eigenvalue weighted by Crippen LogP contribution is 2.37. The third kappa shape index (κ3) is 6.45. The van der Waals surface area contributed by atoms with Crippen molar-refractivity contribution in [3.8, 4) is 11.5 Å². The number of carboxylic acid groups (broad SMARTS) is 1. The van der Waals surface area contributed by atoms with Gasteiger partial charge in [-0.2, -0.15) is 0 Å². The number of methoxy groups -OCH3 is 1. The average molecular weight is 422 g/mol. The Labute approximate surface area is 171 Å². The van der Waals surface area contributed by atoms with Gasteiger partial charge >= 0.3 is 5.97 Å². The maximum absolute atomic E-state index is 13.1. The van der Waals surface area contributed by atoms with Gasteiger partial charge in [0.2, 0.25) is 0 Å². The second kappa shape index (κ2) is 10.8. The Morgan fingerprint density at radius 3 is 2.55 bits per heavy atom. The number of aromatic carboxylic acids is 1. The lowest BCUT2D eigenvalue weighted by atomic mass is 10.1. The second-order valence-corrected chi connectivity index (χ2v) is 8.14. The summed E-state index contributed by atoms with van der Waals surface area (Å²) in [7, 11) is -2.05. The smallest absolute Gasteiger partial charge is 0.335 e. The highest BCUT2D eigenvalue weighted by atomic mass is 32.2. The fourth-order valence-electron chi connectivity index (χ4n) is 2.55. The van der Waals surface area contributed by atoms with Crippen LogP contribution in [0, 0.1) is 4.78 Å². The van der Waals surface area contributed by atoms with E-state index >= 15 is 0 Å². The molecule has 0 amide bonds. The molecule has 0 spiro atoms. The van der Waals surface area contributed by atoms with Crippen molar-refractivity contribution in [1.82, 2.24) is 4.72 Å². The van der Waals surface area contributed by atoms with Gasteiger partial charge in [-0.25, -0.2) is 18.5 Å². The van der Waals surface area contributed by atoms with Crippen molar-refractivity contribution in [2.45, 2.75) is 24.7 Å². The van der Waals surface area contributed by atoms with Crippen LogP contribution >= 0.6 is 0 Å². The molecule has 0 saturated heterocycles. The molecular formula is C20H27N3O5S. The van der Waals surface area contributed by atoms with Crippen molar-refractivity contribution in [2.24, 2.45) is 0 Å². The summed E-state index contributed by atoms with van der Waals surface area (Å²) >= 11 is 0. The molecule has 0 aliphatic rings. The molecule has 0 aliphatic carbocycles. The summed E-state index contributed by atoms with van der Waals surface area (Å²) in [6, 6.07) is 11.5. The largest absolute Gasteiger partial charge is 0.478 e. The van der Waals surface area contributed by atoms with Crippen molar-refractivity contribution < 1.29 is 23.6 Å². The van der Waals surface area contributed by atoms with E-state index in [0.717, 1.165) is 12.8 Å². The topological polar surface area (TPSA) is 121 Å². The third-order valence-electron chi connectivity index (χ3n) is 4.03. The lowest BCUT2D eigenvalue weighted by molar-refractivity contribution is 0.0696. The summed E-state index contributed by atoms with van der Waals surface area (Å²) in [6.45, 7) is 3.05. The van der Waals surface area contributed by atoms with Gasteiger partial charge in [-0.15, -0.1) is 0 Å². The van der Waals surface area contributed by atoms with E-state index in [0.29, 0.717) is 18.0 Å². The molecule has 0 radical (unpaired) electrons. The number of benzene rings is 2. The van der Waals surface area contributed by atoms with Crippen molar-refractivity contribution in [2.75, 3.05) is 32.1 Å². The molecule has 1 unspecified atom stereocenters. The molecular weight excluding hydrogens is 394 g/mol. The van der Waals surface area contributed by atoms with Gasteiger partial charge in [0.15, 0.2) is 5.75 Å². The Morgan fingerprint density at radius 1 is 1.21 bits per heavy atom. The van der Waals surface area contributed by atoms with Gasteiger partial charge in [-0.1, -0.05) is 31.5 Å². The van der Waals surface area contributed by atoms with Crippen LogP contribution in [0.4, 0.5) is 5.69 Å². The molecule has 2 aromatic rings. The number of rotatable bonds is 12. The van der Waals surface area contributed by atoms with Crippen LogP contribution < -0.4 is 14.8 Å². The van der Waals surface area contributed by atoms with Crippen LogP contribution in [0.1, 0.15) is 30.1 Å². The standard InChI is InChI=1S/C20H27N3O5S/c1-3-4-10-22-17-13-15(20(24)25)14-18(29(21,26)23-11-12-27-2)19(17)28-16-8-6-5-7-9-16/h5-9,13-14,22H,3-4,10-12H2,1-2H3,(H,24,25)(H2,21,23,26). The van der Waals surface area contributed by atoms with Crippen LogP contribution in [-0.4, -0.2) is 42.1 Å². The monoisotopic (exact) mass is 421 g/mol. The summed E-state index contributed by atoms with van der Waals surface area (Å²) in [5.74, 6) is -0.521. The summed E-state index contributed by atoms with van der Waals surface area (Å²) < 4.78 is 35.0. The van der Waals surface area contributed by atoms with Crippen LogP contribution in [0.3, 0.4) is 0 Å². The molecule has 9 heteroatoms. The summed E-state index contributed by atoms with van der Waals surface area (Å²) in [5, 5.41) is 12.7. The van der Waals surface area contributed by atoms with Gasteiger partial charge in [0.05, 0.1) is 17.9 Å². The Kier molecular flexibility index (Phi) is 8.44. The van der Waals surface area contributed by atoms with Crippen LogP contribution in [-0.2, 0) is 14.7 Å². The highest BCUT2D eigenvalue weighted by molar-refractivity contribution is 7.90. The molecule has 2 rings (SSSR count). The number of nitrogens with one attached hydrogen (secondary N) is 3. The molecule has 4 N–H and O–H groups in total. The lowest BCUT2D eigenvalue weighted by Gasteiger charge is -2.20. The van der Waals surface area contributed by atoms with Crippen molar-refractivity contribution in [1.29, 1.82) is 4.78 Å². The number of anilines is 1. The molecule has 1 atom stereocenters. The molecule has 0 bridgehead atoms. The van der Waals surface area contributed by atoms with Gasteiger partial charge < -0.3 is 19.9 Å². The molecule has 158 valence electrons. The number of para-hydroxylation sites is 1. The van der Waals surface area contributed by atoms with E-state index in [1.807, 2.05) is 13.0 Å². The SMILES string of the molecule is CCCCNc1cc(C(=O)O)cc(S(=N)(=O)NCCOC)c1Oc1ccccc1. The van der Waals surface area contributed by atoms with Crippen LogP contribution in [0.2, 0.25) is 0 Å². The third-order valence-corrected chi connectivity index (χ3v) is 5.57. The molecule has 8 nitrogen and oxygen atoms in total. The predicted octanol–water partition coefficient (Wildman–Crippen LogP) is 3.95. The van der Waals surface area contributed by atoms with Crippen LogP contribution in [0.5, 0.6) is 11.5 Å². The quantitative estimate of drug-likeness (QED) is 0.385. The van der Waals surface area contributed by atoms with Crippen molar-refractivity contribution >= 4 is 21.6 Å². The maximum atomic E-state index is 13.1. The van der Waals surface area contributed by atoms with Gasteiger partial charge in [0, 0.05) is 20.2 Å². The Hall–Kier alpha value is -2.62. The average Bonchev–Trinajstić information content (AvgIpc) is 2.69. The normalized spacial score (nSPS) is 12.9. The first-order valence-electron chi connectivity index (χ1n) is 9.29. The fourth-order valence-corrected chi connectivity index (χ4v) is 3.78. The first-order chi connectivity index (χ1) is 13.9. The first-order valence-corrected chi connectivity index (χ1v) is 10.8. The van der Waals surface area contributed by atoms with E-state index < -0.39 is 15.9 Å². The second-order valence-electron chi connectivity index (χ2n) is 6.29. The van der Waals surface area contributed by atoms with Gasteiger partial charge in [-0.3, -0.25) is 0 Å². The first kappa shape index (κ1) is 22.7. The van der Waals surface area contributed by atoms with Crippen LogP contribution in [0.25, 0.3) is 0 Å². The molecule has 0 aromatic heterocycles. The van der Waals surface area contributed by atoms with Gasteiger partial charge in [-0.05, 0) is 30.7 Å². The molecule has 2 aromatic carbocycles. The molecule has 0 aliphatic heterocycles. The number of carbonyl (C=O) groups is 1. The minimum absolute atomic E-state index is 0.0312. The van der Waals surface area contributed by atoms with E-state index in [9.17, 15) is 14.1 Å². The summed E-state index contributed by atoms with van der Waals surface area (Å²) in [4.78, 5) is 11.6. The number of hydrogen-bond acceptors (Lipinski definition) is 6. The highest BCUT2D eigenvalue weighted by Gasteiger charge is 2.23. The maximum Gasteiger partial charge on any atom is 0.335 e. The minimum Gasteiger partial charge on any atom is -0.478 e. The minimum atomic E-state index is -3.55. The lowest BCUT2D eigenvalue weighted by Crippen LogP contribution is -2.27. The summed E-state index contributed by atoms with van der Waals surface area (Å²) in [6.07, 6.45) is 1.81. The Morgan fingerprint density at radius 2 is 1.93 bits per heavy atom. The summed E-state index contributed by atoms with van der Waals surface area (Å²) in [5.41, 5.74) is 0.304. The van der Waals surface area contributed by atoms with Crippen molar-refractivity contribution in [3.63, 3.8) is 0 Å². The van der Waals surface area contributed by atoms with Gasteiger partial charge in [0.25, 0.3) is 0 Å². The number of ether oxygens (including phenoxy) is 2. The zero-order valence-electron chi connectivity index (χ0n) is 16.6. The zero-order valence-corrected chi connectivity index (χ0v) is 17.4. The zero-order chi connectivity index (χ0) is 21.3. The Balaban J connectivity index is 2.57. The number of carboxylic acids is 1. The molecule has 0 fully saturated rings. The van der Waals surface area contributed by atoms with Crippen LogP contribution in [0.15, 0.2) is 47.4 Å². The Bertz CT molecular complexity index is 917. The van der Waals surface area contributed by atoms with Gasteiger partial charge in [0.1, 0.15) is 20.6 Å². The fraction of sp³-hybridized carbons (Fsp3) is 0.350. The van der Waals surface area contributed by atoms with E-state index in [1.54, 1.807) is 24.3 Å². The van der Waals surface area contributed by atoms with E-state index in [-0.39, 0.29) is 29.4 Å². The molecule has 0 heterocycles.